The molecule has 3 N–H and O–H groups in total. The molecule has 0 unspecified atom stereocenters. The van der Waals surface area contributed by atoms with Gasteiger partial charge in [-0.1, -0.05) is 20.1 Å². The summed E-state index contributed by atoms with van der Waals surface area (Å²) in [7, 11) is 0. The maximum absolute atomic E-state index is 10.9. The summed E-state index contributed by atoms with van der Waals surface area (Å²) in [5.41, 5.74) is -0.783. The first-order chi connectivity index (χ1) is 12.0. The van der Waals surface area contributed by atoms with Crippen LogP contribution in [0.1, 0.15) is 27.2 Å². The standard InChI is InChI=1S/C10H10O7.C6H14O3/c1-5(2)7(11)15-9(13)10(14)17-16-8(12)6(3)4;1-2-6(3-7,4-8)5-9/h1,3H2,2,4H3;7-9H,2-5H2,1H3. The van der Waals surface area contributed by atoms with E-state index < -0.39 is 29.3 Å². The number of aliphatic hydroxyl groups is 3. The molecule has 0 saturated carbocycles. The Morgan fingerprint density at radius 2 is 1.15 bits per heavy atom. The van der Waals surface area contributed by atoms with Crippen molar-refractivity contribution in [2.45, 2.75) is 27.2 Å². The van der Waals surface area contributed by atoms with E-state index in [-0.39, 0.29) is 31.0 Å². The van der Waals surface area contributed by atoms with Crippen molar-refractivity contribution in [2.24, 2.45) is 5.41 Å². The molecule has 0 aliphatic carbocycles. The molecule has 10 heteroatoms. The third kappa shape index (κ3) is 9.67. The molecule has 148 valence electrons. The van der Waals surface area contributed by atoms with Gasteiger partial charge in [-0.2, -0.15) is 0 Å². The summed E-state index contributed by atoms with van der Waals surface area (Å²) >= 11 is 0. The largest absolute Gasteiger partial charge is 0.463 e. The van der Waals surface area contributed by atoms with Crippen LogP contribution in [0, 0.1) is 5.41 Å². The predicted molar refractivity (Wildman–Crippen MR) is 86.9 cm³/mol. The molecule has 0 aromatic rings. The van der Waals surface area contributed by atoms with Gasteiger partial charge in [-0.3, -0.25) is 0 Å². The van der Waals surface area contributed by atoms with Gasteiger partial charge in [-0.25, -0.2) is 29.0 Å². The molecule has 26 heavy (non-hydrogen) atoms. The molecule has 0 amide bonds. The lowest BCUT2D eigenvalue weighted by atomic mass is 9.88. The highest BCUT2D eigenvalue weighted by molar-refractivity contribution is 6.32. The second-order valence-corrected chi connectivity index (χ2v) is 5.31. The van der Waals surface area contributed by atoms with E-state index in [1.54, 1.807) is 0 Å². The monoisotopic (exact) mass is 376 g/mol. The van der Waals surface area contributed by atoms with Crippen molar-refractivity contribution in [3.63, 3.8) is 0 Å². The molecule has 0 aromatic carbocycles. The van der Waals surface area contributed by atoms with E-state index in [1.165, 1.54) is 13.8 Å². The Bertz CT molecular complexity index is 528. The van der Waals surface area contributed by atoms with Crippen LogP contribution in [-0.2, 0) is 33.7 Å². The summed E-state index contributed by atoms with van der Waals surface area (Å²) in [5, 5.41) is 26.0. The van der Waals surface area contributed by atoms with Crippen LogP contribution in [0.4, 0.5) is 0 Å². The summed E-state index contributed by atoms with van der Waals surface area (Å²) in [6.45, 7) is 10.3. The Labute approximate surface area is 150 Å². The third-order valence-corrected chi connectivity index (χ3v) is 3.00. The van der Waals surface area contributed by atoms with E-state index in [0.717, 1.165) is 0 Å². The van der Waals surface area contributed by atoms with E-state index in [9.17, 15) is 19.2 Å². The molecule has 0 bridgehead atoms. The van der Waals surface area contributed by atoms with Crippen LogP contribution in [0.5, 0.6) is 0 Å². The first kappa shape index (κ1) is 25.7. The smallest absolute Gasteiger partial charge is 0.396 e. The Morgan fingerprint density at radius 1 is 0.769 bits per heavy atom. The number of hydrogen-bond donors (Lipinski definition) is 3. The summed E-state index contributed by atoms with van der Waals surface area (Å²) < 4.78 is 4.00. The Morgan fingerprint density at radius 3 is 1.42 bits per heavy atom. The van der Waals surface area contributed by atoms with Gasteiger partial charge in [0.15, 0.2) is 0 Å². The second-order valence-electron chi connectivity index (χ2n) is 5.31. The molecule has 0 rings (SSSR count). The molecule has 0 atom stereocenters. The number of esters is 2. The first-order valence-electron chi connectivity index (χ1n) is 7.33. The third-order valence-electron chi connectivity index (χ3n) is 3.00. The van der Waals surface area contributed by atoms with Gasteiger partial charge in [0.05, 0.1) is 19.8 Å². The van der Waals surface area contributed by atoms with E-state index in [2.05, 4.69) is 27.7 Å². The lowest BCUT2D eigenvalue weighted by Gasteiger charge is -2.24. The normalized spacial score (nSPS) is 9.92. The number of ether oxygens (including phenoxy) is 1. The number of rotatable bonds is 6. The minimum absolute atomic E-state index is 0.0378. The fourth-order valence-electron chi connectivity index (χ4n) is 0.879. The van der Waals surface area contributed by atoms with Gasteiger partial charge in [0.1, 0.15) is 0 Å². The van der Waals surface area contributed by atoms with E-state index in [0.29, 0.717) is 6.42 Å². The van der Waals surface area contributed by atoms with Crippen molar-refractivity contribution in [1.29, 1.82) is 0 Å². The molecule has 0 aliphatic heterocycles. The number of carbonyl (C=O) groups excluding carboxylic acids is 4. The van der Waals surface area contributed by atoms with Gasteiger partial charge in [0.2, 0.25) is 0 Å². The Kier molecular flexibility index (Phi) is 12.6. The van der Waals surface area contributed by atoms with Crippen LogP contribution in [0.15, 0.2) is 24.3 Å². The van der Waals surface area contributed by atoms with Crippen LogP contribution in [0.2, 0.25) is 0 Å². The average molecular weight is 376 g/mol. The minimum Gasteiger partial charge on any atom is -0.396 e. The topological polar surface area (TPSA) is 157 Å². The van der Waals surface area contributed by atoms with E-state index in [4.69, 9.17) is 15.3 Å². The second kappa shape index (κ2) is 12.8. The van der Waals surface area contributed by atoms with Gasteiger partial charge in [0.25, 0.3) is 0 Å². The summed E-state index contributed by atoms with van der Waals surface area (Å²) in [5.74, 6) is -5.38. The highest BCUT2D eigenvalue weighted by atomic mass is 17.2. The van der Waals surface area contributed by atoms with E-state index >= 15 is 0 Å². The van der Waals surface area contributed by atoms with Crippen molar-refractivity contribution in [3.05, 3.63) is 24.3 Å². The highest BCUT2D eigenvalue weighted by Gasteiger charge is 2.25. The number of hydrogen-bond acceptors (Lipinski definition) is 10. The van der Waals surface area contributed by atoms with Gasteiger partial charge < -0.3 is 20.1 Å². The molecule has 0 saturated heterocycles. The maximum atomic E-state index is 10.9. The summed E-state index contributed by atoms with van der Waals surface area (Å²) in [6.07, 6.45) is 0.594. The fraction of sp³-hybridized carbons (Fsp3) is 0.500. The molecular formula is C16H24O10. The molecule has 0 heterocycles. The Hall–Kier alpha value is -2.56. The van der Waals surface area contributed by atoms with Crippen molar-refractivity contribution in [3.8, 4) is 0 Å². The zero-order valence-electron chi connectivity index (χ0n) is 14.9. The lowest BCUT2D eigenvalue weighted by Crippen LogP contribution is -2.32. The van der Waals surface area contributed by atoms with Crippen molar-refractivity contribution in [1.82, 2.24) is 0 Å². The quantitative estimate of drug-likeness (QED) is 0.139. The molecule has 0 aliphatic rings. The molecule has 10 nitrogen and oxygen atoms in total. The Balaban J connectivity index is 0. The van der Waals surface area contributed by atoms with Gasteiger partial charge in [0, 0.05) is 16.6 Å². The molecule has 0 spiro atoms. The SMILES string of the molecule is C=C(C)C(=O)OOC(=O)C(=O)OC(=O)C(=C)C.CCC(CO)(CO)CO. The van der Waals surface area contributed by atoms with Crippen molar-refractivity contribution in [2.75, 3.05) is 19.8 Å². The molecule has 0 fully saturated rings. The number of aliphatic hydroxyl groups excluding tert-OH is 3. The van der Waals surface area contributed by atoms with Crippen LogP contribution in [0.3, 0.4) is 0 Å². The van der Waals surface area contributed by atoms with Gasteiger partial charge >= 0.3 is 23.9 Å². The average Bonchev–Trinajstić information content (AvgIpc) is 2.61. The highest BCUT2D eigenvalue weighted by Crippen LogP contribution is 2.18. The van der Waals surface area contributed by atoms with Crippen LogP contribution in [0.25, 0.3) is 0 Å². The van der Waals surface area contributed by atoms with Crippen molar-refractivity contribution < 1.29 is 49.0 Å². The van der Waals surface area contributed by atoms with Crippen LogP contribution < -0.4 is 0 Å². The van der Waals surface area contributed by atoms with Crippen molar-refractivity contribution >= 4 is 23.9 Å². The molecular weight excluding hydrogens is 352 g/mol. The lowest BCUT2D eigenvalue weighted by molar-refractivity contribution is -0.255. The predicted octanol–water partition coefficient (Wildman–Crippen LogP) is -0.430. The molecule has 0 aromatic heterocycles. The summed E-state index contributed by atoms with van der Waals surface area (Å²) in [4.78, 5) is 51.0. The fourth-order valence-corrected chi connectivity index (χ4v) is 0.879. The summed E-state index contributed by atoms with van der Waals surface area (Å²) in [6, 6.07) is 0. The first-order valence-corrected chi connectivity index (χ1v) is 7.33. The maximum Gasteiger partial charge on any atom is 0.463 e. The van der Waals surface area contributed by atoms with E-state index in [1.807, 2.05) is 6.92 Å². The zero-order valence-corrected chi connectivity index (χ0v) is 14.9. The van der Waals surface area contributed by atoms with Gasteiger partial charge in [-0.15, -0.1) is 0 Å². The zero-order chi connectivity index (χ0) is 20.9. The number of carbonyl (C=O) groups is 4. The molecule has 0 radical (unpaired) electrons. The van der Waals surface area contributed by atoms with Crippen LogP contribution >= 0.6 is 0 Å². The van der Waals surface area contributed by atoms with Gasteiger partial charge in [-0.05, 0) is 20.3 Å². The minimum atomic E-state index is -1.64. The van der Waals surface area contributed by atoms with Crippen LogP contribution in [-0.4, -0.2) is 59.0 Å².